The van der Waals surface area contributed by atoms with E-state index >= 15 is 0 Å². The van der Waals surface area contributed by atoms with E-state index in [1.165, 1.54) is 32.7 Å². The van der Waals surface area contributed by atoms with Gasteiger partial charge in [-0.15, -0.1) is 0 Å². The van der Waals surface area contributed by atoms with Gasteiger partial charge in [-0.05, 0) is 111 Å². The predicted octanol–water partition coefficient (Wildman–Crippen LogP) is 13.0. The molecule has 0 saturated heterocycles. The highest BCUT2D eigenvalue weighted by atomic mass is 15.1. The van der Waals surface area contributed by atoms with Crippen LogP contribution in [-0.4, -0.2) is 15.0 Å². The maximum Gasteiger partial charge on any atom is 0.0965 e. The van der Waals surface area contributed by atoms with E-state index in [2.05, 4.69) is 163 Å². The van der Waals surface area contributed by atoms with Crippen molar-refractivity contribution in [3.8, 4) is 33.5 Å². The summed E-state index contributed by atoms with van der Waals surface area (Å²) < 4.78 is 0. The van der Waals surface area contributed by atoms with E-state index in [1.54, 1.807) is 0 Å². The molecule has 248 valence electrons. The average Bonchev–Trinajstić information content (AvgIpc) is 3.23. The van der Waals surface area contributed by atoms with E-state index < -0.39 is 0 Å². The fraction of sp³-hybridized carbons (Fsp3) is 0. The molecular formula is C49H32N4. The van der Waals surface area contributed by atoms with Gasteiger partial charge in [0, 0.05) is 46.0 Å². The van der Waals surface area contributed by atoms with E-state index in [0.717, 1.165) is 61.4 Å². The molecule has 0 aliphatic rings. The minimum absolute atomic E-state index is 0.873. The first-order valence-corrected chi connectivity index (χ1v) is 17.8. The van der Waals surface area contributed by atoms with Gasteiger partial charge in [-0.2, -0.15) is 0 Å². The van der Waals surface area contributed by atoms with Crippen molar-refractivity contribution in [2.24, 2.45) is 0 Å². The Morgan fingerprint density at radius 1 is 0.340 bits per heavy atom. The Labute approximate surface area is 307 Å². The number of fused-ring (bicyclic) bond motifs is 4. The van der Waals surface area contributed by atoms with Crippen LogP contribution in [-0.2, 0) is 0 Å². The maximum atomic E-state index is 5.05. The SMILES string of the molecule is c1ccc(-c2cc(-c3ccc(N(c4ccc5cc(-c6ccc7ccccc7c6)ccc5c4)c4ccc5cccnc5c4)cc3)nc3cccnc23)cc1. The van der Waals surface area contributed by atoms with Crippen molar-refractivity contribution in [2.75, 3.05) is 4.90 Å². The van der Waals surface area contributed by atoms with Gasteiger partial charge in [-0.3, -0.25) is 9.97 Å². The minimum atomic E-state index is 0.873. The lowest BCUT2D eigenvalue weighted by atomic mass is 9.98. The average molecular weight is 677 g/mol. The second-order valence-electron chi connectivity index (χ2n) is 13.4. The molecule has 0 unspecified atom stereocenters. The molecule has 53 heavy (non-hydrogen) atoms. The Morgan fingerprint density at radius 3 is 1.75 bits per heavy atom. The van der Waals surface area contributed by atoms with Crippen LogP contribution in [0.5, 0.6) is 0 Å². The molecule has 7 aromatic carbocycles. The van der Waals surface area contributed by atoms with Crippen molar-refractivity contribution in [3.63, 3.8) is 0 Å². The number of nitrogens with zero attached hydrogens (tertiary/aromatic N) is 4. The van der Waals surface area contributed by atoms with Gasteiger partial charge in [0.25, 0.3) is 0 Å². The highest BCUT2D eigenvalue weighted by Gasteiger charge is 2.16. The smallest absolute Gasteiger partial charge is 0.0965 e. The molecule has 4 nitrogen and oxygen atoms in total. The van der Waals surface area contributed by atoms with Crippen LogP contribution in [0.1, 0.15) is 0 Å². The highest BCUT2D eigenvalue weighted by molar-refractivity contribution is 5.96. The van der Waals surface area contributed by atoms with E-state index in [1.807, 2.05) is 36.7 Å². The van der Waals surface area contributed by atoms with Crippen LogP contribution in [0.15, 0.2) is 194 Å². The molecule has 0 atom stereocenters. The summed E-state index contributed by atoms with van der Waals surface area (Å²) in [4.78, 5) is 16.7. The van der Waals surface area contributed by atoms with Crippen molar-refractivity contribution in [2.45, 2.75) is 0 Å². The lowest BCUT2D eigenvalue weighted by Crippen LogP contribution is -2.10. The van der Waals surface area contributed by atoms with E-state index in [4.69, 9.17) is 15.0 Å². The van der Waals surface area contributed by atoms with Crippen LogP contribution in [0, 0.1) is 0 Å². The Morgan fingerprint density at radius 2 is 0.925 bits per heavy atom. The Kier molecular flexibility index (Phi) is 7.43. The fourth-order valence-electron chi connectivity index (χ4n) is 7.39. The van der Waals surface area contributed by atoms with Crippen LogP contribution in [0.4, 0.5) is 17.1 Å². The van der Waals surface area contributed by atoms with Gasteiger partial charge < -0.3 is 4.90 Å². The molecule has 4 heteroatoms. The zero-order valence-corrected chi connectivity index (χ0v) is 28.8. The summed E-state index contributed by atoms with van der Waals surface area (Å²) in [6, 6.07) is 64.5. The predicted molar refractivity (Wildman–Crippen MR) is 221 cm³/mol. The van der Waals surface area contributed by atoms with E-state index in [9.17, 15) is 0 Å². The number of benzene rings is 7. The topological polar surface area (TPSA) is 41.9 Å². The number of anilines is 3. The zero-order chi connectivity index (χ0) is 35.1. The summed E-state index contributed by atoms with van der Waals surface area (Å²) >= 11 is 0. The Bertz CT molecular complexity index is 2950. The molecule has 0 spiro atoms. The van der Waals surface area contributed by atoms with E-state index in [-0.39, 0.29) is 0 Å². The molecule has 10 rings (SSSR count). The maximum absolute atomic E-state index is 5.05. The van der Waals surface area contributed by atoms with Crippen LogP contribution in [0.25, 0.3) is 77.0 Å². The molecule has 0 aliphatic heterocycles. The Balaban J connectivity index is 1.06. The third kappa shape index (κ3) is 5.73. The van der Waals surface area contributed by atoms with Crippen molar-refractivity contribution >= 4 is 60.5 Å². The molecule has 0 radical (unpaired) electrons. The second kappa shape index (κ2) is 12.9. The van der Waals surface area contributed by atoms with Crippen molar-refractivity contribution < 1.29 is 0 Å². The number of rotatable bonds is 6. The zero-order valence-electron chi connectivity index (χ0n) is 28.8. The van der Waals surface area contributed by atoms with Gasteiger partial charge in [0.2, 0.25) is 0 Å². The first kappa shape index (κ1) is 30.6. The minimum Gasteiger partial charge on any atom is -0.310 e. The largest absolute Gasteiger partial charge is 0.310 e. The molecule has 0 amide bonds. The van der Waals surface area contributed by atoms with Gasteiger partial charge in [-0.1, -0.05) is 109 Å². The molecule has 0 bridgehead atoms. The summed E-state index contributed by atoms with van der Waals surface area (Å²) in [5, 5.41) is 5.98. The normalized spacial score (nSPS) is 11.4. The van der Waals surface area contributed by atoms with Crippen LogP contribution >= 0.6 is 0 Å². The number of hydrogen-bond acceptors (Lipinski definition) is 4. The third-order valence-corrected chi connectivity index (χ3v) is 10.1. The summed E-state index contributed by atoms with van der Waals surface area (Å²) in [7, 11) is 0. The molecule has 0 N–H and O–H groups in total. The highest BCUT2D eigenvalue weighted by Crippen LogP contribution is 2.39. The van der Waals surface area contributed by atoms with Crippen molar-refractivity contribution in [1.82, 2.24) is 15.0 Å². The summed E-state index contributed by atoms with van der Waals surface area (Å²) in [5.74, 6) is 0. The summed E-state index contributed by atoms with van der Waals surface area (Å²) in [6.45, 7) is 0. The summed E-state index contributed by atoms with van der Waals surface area (Å²) in [5.41, 5.74) is 12.4. The quantitative estimate of drug-likeness (QED) is 0.176. The molecule has 0 aliphatic carbocycles. The van der Waals surface area contributed by atoms with Gasteiger partial charge >= 0.3 is 0 Å². The van der Waals surface area contributed by atoms with Crippen LogP contribution < -0.4 is 4.90 Å². The monoisotopic (exact) mass is 676 g/mol. The fourth-order valence-corrected chi connectivity index (χ4v) is 7.39. The summed E-state index contributed by atoms with van der Waals surface area (Å²) in [6.07, 6.45) is 3.68. The van der Waals surface area contributed by atoms with Crippen LogP contribution in [0.2, 0.25) is 0 Å². The van der Waals surface area contributed by atoms with Crippen LogP contribution in [0.3, 0.4) is 0 Å². The van der Waals surface area contributed by atoms with Crippen molar-refractivity contribution in [1.29, 1.82) is 0 Å². The number of aromatic nitrogens is 3. The van der Waals surface area contributed by atoms with Gasteiger partial charge in [0.1, 0.15) is 0 Å². The standard InChI is InChI=1S/C49H32N4/c1-2-9-34(10-3-1)45-32-48(52-46-13-7-27-51-49(45)46)36-18-22-42(23-19-36)53(44-24-20-35-12-6-26-50-47(35)31-44)43-25-21-40-29-39(16-17-41(40)30-43)38-15-14-33-8-4-5-11-37(33)28-38/h1-32H. The third-order valence-electron chi connectivity index (χ3n) is 10.1. The number of pyridine rings is 3. The molecule has 10 aromatic rings. The van der Waals surface area contributed by atoms with Gasteiger partial charge in [0.05, 0.1) is 22.2 Å². The van der Waals surface area contributed by atoms with Crippen molar-refractivity contribution in [3.05, 3.63) is 194 Å². The van der Waals surface area contributed by atoms with Gasteiger partial charge in [-0.25, -0.2) is 4.98 Å². The van der Waals surface area contributed by atoms with Gasteiger partial charge in [0.15, 0.2) is 0 Å². The first-order chi connectivity index (χ1) is 26.2. The molecule has 0 saturated carbocycles. The lowest BCUT2D eigenvalue weighted by Gasteiger charge is -2.26. The van der Waals surface area contributed by atoms with E-state index in [0.29, 0.717) is 0 Å². The molecule has 3 heterocycles. The first-order valence-electron chi connectivity index (χ1n) is 17.8. The number of hydrogen-bond donors (Lipinski definition) is 0. The molecule has 3 aromatic heterocycles. The molecular weight excluding hydrogens is 645 g/mol. The second-order valence-corrected chi connectivity index (χ2v) is 13.4. The Hall–Kier alpha value is -7.17. The molecule has 0 fully saturated rings. The lowest BCUT2D eigenvalue weighted by molar-refractivity contribution is 1.28.